The van der Waals surface area contributed by atoms with Gasteiger partial charge in [-0.15, -0.1) is 0 Å². The van der Waals surface area contributed by atoms with E-state index in [1.807, 2.05) is 13.8 Å². The standard InChI is InChI=1S/C14H23NO5S/c1-5-19-14(20-6-2)11-15(21(4,16)17)12-8-7-9-13(10-12)18-3/h7-10,14H,5-6,11H2,1-4H3. The fourth-order valence-electron chi connectivity index (χ4n) is 1.86. The highest BCUT2D eigenvalue weighted by Crippen LogP contribution is 2.23. The third-order valence-corrected chi connectivity index (χ3v) is 3.92. The van der Waals surface area contributed by atoms with E-state index in [0.29, 0.717) is 24.7 Å². The molecule has 21 heavy (non-hydrogen) atoms. The van der Waals surface area contributed by atoms with Crippen molar-refractivity contribution in [2.45, 2.75) is 20.1 Å². The zero-order valence-electron chi connectivity index (χ0n) is 12.9. The second-order valence-electron chi connectivity index (χ2n) is 4.34. The SMILES string of the molecule is CCOC(CN(c1cccc(OC)c1)S(C)(=O)=O)OCC. The summed E-state index contributed by atoms with van der Waals surface area (Å²) in [6.07, 6.45) is 0.544. The molecular formula is C14H23NO5S. The normalized spacial score (nSPS) is 11.7. The van der Waals surface area contributed by atoms with Crippen molar-refractivity contribution in [2.75, 3.05) is 37.4 Å². The molecule has 1 aromatic rings. The molecule has 0 unspecified atom stereocenters. The summed E-state index contributed by atoms with van der Waals surface area (Å²) >= 11 is 0. The number of sulfonamides is 1. The first-order valence-electron chi connectivity index (χ1n) is 6.77. The van der Waals surface area contributed by atoms with Gasteiger partial charge in [0.1, 0.15) is 5.75 Å². The van der Waals surface area contributed by atoms with Gasteiger partial charge in [-0.05, 0) is 26.0 Å². The van der Waals surface area contributed by atoms with E-state index < -0.39 is 16.3 Å². The molecule has 0 saturated carbocycles. The molecule has 6 nitrogen and oxygen atoms in total. The van der Waals surface area contributed by atoms with Crippen LogP contribution in [0.3, 0.4) is 0 Å². The van der Waals surface area contributed by atoms with Crippen LogP contribution in [0.1, 0.15) is 13.8 Å². The quantitative estimate of drug-likeness (QED) is 0.651. The van der Waals surface area contributed by atoms with E-state index in [2.05, 4.69) is 0 Å². The van der Waals surface area contributed by atoms with Crippen LogP contribution < -0.4 is 9.04 Å². The molecule has 0 fully saturated rings. The second kappa shape index (κ2) is 8.21. The monoisotopic (exact) mass is 317 g/mol. The Morgan fingerprint density at radius 3 is 2.29 bits per heavy atom. The minimum atomic E-state index is -3.46. The van der Waals surface area contributed by atoms with Gasteiger partial charge in [0.05, 0.1) is 25.6 Å². The summed E-state index contributed by atoms with van der Waals surface area (Å²) in [5.41, 5.74) is 0.515. The van der Waals surface area contributed by atoms with Crippen LogP contribution in [0.25, 0.3) is 0 Å². The lowest BCUT2D eigenvalue weighted by atomic mass is 10.3. The fraction of sp³-hybridized carbons (Fsp3) is 0.571. The van der Waals surface area contributed by atoms with Crippen molar-refractivity contribution in [2.24, 2.45) is 0 Å². The van der Waals surface area contributed by atoms with Gasteiger partial charge in [-0.2, -0.15) is 0 Å². The highest BCUT2D eigenvalue weighted by molar-refractivity contribution is 7.92. The maximum atomic E-state index is 12.0. The minimum absolute atomic E-state index is 0.0910. The highest BCUT2D eigenvalue weighted by Gasteiger charge is 2.23. The van der Waals surface area contributed by atoms with Crippen LogP contribution >= 0.6 is 0 Å². The van der Waals surface area contributed by atoms with Crippen molar-refractivity contribution in [3.8, 4) is 5.75 Å². The summed E-state index contributed by atoms with van der Waals surface area (Å²) in [6.45, 7) is 4.65. The number of hydrogen-bond donors (Lipinski definition) is 0. The van der Waals surface area contributed by atoms with Crippen LogP contribution in [0.5, 0.6) is 5.75 Å². The molecule has 0 heterocycles. The number of hydrogen-bond acceptors (Lipinski definition) is 5. The van der Waals surface area contributed by atoms with E-state index in [1.54, 1.807) is 24.3 Å². The Morgan fingerprint density at radius 1 is 1.19 bits per heavy atom. The van der Waals surface area contributed by atoms with Gasteiger partial charge in [0.2, 0.25) is 10.0 Å². The summed E-state index contributed by atoms with van der Waals surface area (Å²) < 4.78 is 41.3. The van der Waals surface area contributed by atoms with Crippen LogP contribution in [-0.2, 0) is 19.5 Å². The zero-order chi connectivity index (χ0) is 15.9. The largest absolute Gasteiger partial charge is 0.497 e. The summed E-state index contributed by atoms with van der Waals surface area (Å²) in [4.78, 5) is 0. The summed E-state index contributed by atoms with van der Waals surface area (Å²) in [7, 11) is -1.92. The number of ether oxygens (including phenoxy) is 3. The lowest BCUT2D eigenvalue weighted by molar-refractivity contribution is -0.128. The molecule has 1 aromatic carbocycles. The Bertz CT molecular complexity index is 526. The van der Waals surface area contributed by atoms with Gasteiger partial charge < -0.3 is 14.2 Å². The second-order valence-corrected chi connectivity index (χ2v) is 6.24. The van der Waals surface area contributed by atoms with Gasteiger partial charge >= 0.3 is 0 Å². The van der Waals surface area contributed by atoms with Crippen molar-refractivity contribution < 1.29 is 22.6 Å². The third-order valence-electron chi connectivity index (χ3n) is 2.76. The van der Waals surface area contributed by atoms with Gasteiger partial charge in [-0.1, -0.05) is 6.07 Å². The number of anilines is 1. The molecule has 0 saturated heterocycles. The van der Waals surface area contributed by atoms with Crippen LogP contribution in [-0.4, -0.2) is 47.8 Å². The number of nitrogens with zero attached hydrogens (tertiary/aromatic N) is 1. The molecule has 0 spiro atoms. The lowest BCUT2D eigenvalue weighted by Gasteiger charge is -2.27. The third kappa shape index (κ3) is 5.53. The van der Waals surface area contributed by atoms with Crippen molar-refractivity contribution in [3.05, 3.63) is 24.3 Å². The average Bonchev–Trinajstić information content (AvgIpc) is 2.44. The Hall–Kier alpha value is -1.31. The first-order valence-corrected chi connectivity index (χ1v) is 8.62. The fourth-order valence-corrected chi connectivity index (χ4v) is 2.75. The first-order chi connectivity index (χ1) is 9.92. The van der Waals surface area contributed by atoms with Gasteiger partial charge in [0, 0.05) is 19.3 Å². The average molecular weight is 317 g/mol. The number of benzene rings is 1. The molecule has 0 aliphatic rings. The Kier molecular flexibility index (Phi) is 6.94. The van der Waals surface area contributed by atoms with Crippen molar-refractivity contribution in [1.82, 2.24) is 0 Å². The van der Waals surface area contributed by atoms with E-state index in [9.17, 15) is 8.42 Å². The van der Waals surface area contributed by atoms with Gasteiger partial charge in [0.25, 0.3) is 0 Å². The van der Waals surface area contributed by atoms with E-state index in [1.165, 1.54) is 11.4 Å². The number of rotatable bonds is 9. The molecule has 0 aliphatic carbocycles. The predicted molar refractivity (Wildman–Crippen MR) is 82.2 cm³/mol. The molecule has 7 heteroatoms. The van der Waals surface area contributed by atoms with Gasteiger partial charge in [0.15, 0.2) is 6.29 Å². The molecular weight excluding hydrogens is 294 g/mol. The maximum Gasteiger partial charge on any atom is 0.232 e. The molecule has 1 rings (SSSR count). The predicted octanol–water partition coefficient (Wildman–Crippen LogP) is 1.86. The Morgan fingerprint density at radius 2 is 1.81 bits per heavy atom. The van der Waals surface area contributed by atoms with Crippen LogP contribution in [0.2, 0.25) is 0 Å². The molecule has 0 aromatic heterocycles. The summed E-state index contributed by atoms with van der Waals surface area (Å²) in [6, 6.07) is 6.86. The van der Waals surface area contributed by atoms with Gasteiger partial charge in [-0.25, -0.2) is 8.42 Å². The molecule has 0 N–H and O–H groups in total. The van der Waals surface area contributed by atoms with Crippen molar-refractivity contribution >= 4 is 15.7 Å². The smallest absolute Gasteiger partial charge is 0.232 e. The number of methoxy groups -OCH3 is 1. The molecule has 0 aliphatic heterocycles. The van der Waals surface area contributed by atoms with E-state index in [0.717, 1.165) is 6.26 Å². The Balaban J connectivity index is 3.05. The maximum absolute atomic E-state index is 12.0. The summed E-state index contributed by atoms with van der Waals surface area (Å²) in [5.74, 6) is 0.588. The first kappa shape index (κ1) is 17.7. The van der Waals surface area contributed by atoms with E-state index in [-0.39, 0.29) is 6.54 Å². The van der Waals surface area contributed by atoms with E-state index >= 15 is 0 Å². The highest BCUT2D eigenvalue weighted by atomic mass is 32.2. The molecule has 0 radical (unpaired) electrons. The molecule has 0 amide bonds. The minimum Gasteiger partial charge on any atom is -0.497 e. The van der Waals surface area contributed by atoms with Crippen LogP contribution in [0, 0.1) is 0 Å². The van der Waals surface area contributed by atoms with E-state index in [4.69, 9.17) is 14.2 Å². The van der Waals surface area contributed by atoms with Crippen molar-refractivity contribution in [1.29, 1.82) is 0 Å². The van der Waals surface area contributed by atoms with Gasteiger partial charge in [-0.3, -0.25) is 4.31 Å². The zero-order valence-corrected chi connectivity index (χ0v) is 13.7. The Labute approximate surface area is 126 Å². The lowest BCUT2D eigenvalue weighted by Crippen LogP contribution is -2.39. The molecule has 0 atom stereocenters. The molecule has 0 bridgehead atoms. The summed E-state index contributed by atoms with van der Waals surface area (Å²) in [5, 5.41) is 0. The van der Waals surface area contributed by atoms with Crippen LogP contribution in [0.4, 0.5) is 5.69 Å². The van der Waals surface area contributed by atoms with Crippen molar-refractivity contribution in [3.63, 3.8) is 0 Å². The topological polar surface area (TPSA) is 65.1 Å². The molecule has 120 valence electrons. The van der Waals surface area contributed by atoms with Crippen LogP contribution in [0.15, 0.2) is 24.3 Å².